The second kappa shape index (κ2) is 8.87. The molecule has 2 aromatic rings. The molecule has 1 N–H and O–H groups in total. The lowest BCUT2D eigenvalue weighted by Gasteiger charge is -2.37. The summed E-state index contributed by atoms with van der Waals surface area (Å²) < 4.78 is 19.0. The zero-order valence-electron chi connectivity index (χ0n) is 16.3. The third-order valence-electron chi connectivity index (χ3n) is 4.93. The quantitative estimate of drug-likeness (QED) is 0.593. The van der Waals surface area contributed by atoms with Crippen molar-refractivity contribution in [3.05, 3.63) is 46.1 Å². The minimum absolute atomic E-state index is 0.208. The third-order valence-corrected chi connectivity index (χ3v) is 6.36. The molecule has 0 saturated carbocycles. The van der Waals surface area contributed by atoms with Gasteiger partial charge in [-0.05, 0) is 43.3 Å². The van der Waals surface area contributed by atoms with Crippen LogP contribution < -0.4 is 10.2 Å². The van der Waals surface area contributed by atoms with Crippen LogP contribution in [0.2, 0.25) is 0 Å². The molecule has 150 valence electrons. The molecule has 1 aliphatic heterocycles. The number of ether oxygens (including phenoxy) is 1. The minimum atomic E-state index is -0.351. The Morgan fingerprint density at radius 2 is 1.96 bits per heavy atom. The van der Waals surface area contributed by atoms with Gasteiger partial charge in [0.1, 0.15) is 10.8 Å². The molecule has 5 nitrogen and oxygen atoms in total. The molecule has 3 rings (SSSR count). The number of methoxy groups -OCH3 is 1. The number of esters is 1. The molecule has 2 heterocycles. The molecular formula is C20H24FN3O2S2. The molecule has 0 spiro atoms. The van der Waals surface area contributed by atoms with Crippen LogP contribution in [0.15, 0.2) is 24.3 Å². The van der Waals surface area contributed by atoms with E-state index in [9.17, 15) is 9.18 Å². The molecule has 0 atom stereocenters. The van der Waals surface area contributed by atoms with Crippen molar-refractivity contribution in [2.45, 2.75) is 20.3 Å². The number of carbonyl (C=O) groups excluding carboxylic acids is 1. The third kappa shape index (κ3) is 4.12. The molecule has 1 aromatic heterocycles. The van der Waals surface area contributed by atoms with E-state index in [2.05, 4.69) is 10.2 Å². The highest BCUT2D eigenvalue weighted by Crippen LogP contribution is 2.34. The van der Waals surface area contributed by atoms with Gasteiger partial charge in [0, 0.05) is 31.1 Å². The van der Waals surface area contributed by atoms with Gasteiger partial charge in [0.25, 0.3) is 0 Å². The smallest absolute Gasteiger partial charge is 0.341 e. The normalized spacial score (nSPS) is 14.1. The van der Waals surface area contributed by atoms with Crippen LogP contribution >= 0.6 is 23.6 Å². The second-order valence-electron chi connectivity index (χ2n) is 6.54. The molecule has 0 amide bonds. The molecular weight excluding hydrogens is 397 g/mol. The van der Waals surface area contributed by atoms with E-state index in [1.807, 2.05) is 24.8 Å². The van der Waals surface area contributed by atoms with Crippen LogP contribution in [0.1, 0.15) is 27.7 Å². The van der Waals surface area contributed by atoms with Gasteiger partial charge >= 0.3 is 5.97 Å². The number of aryl methyl sites for hydroxylation is 1. The summed E-state index contributed by atoms with van der Waals surface area (Å²) in [5.74, 6) is -0.559. The highest BCUT2D eigenvalue weighted by Gasteiger charge is 2.25. The SMILES string of the molecule is CCc1c(C)sc(NC(=S)N2CCN(c3ccccc3F)CC2)c1C(=O)OC. The summed E-state index contributed by atoms with van der Waals surface area (Å²) in [5, 5.41) is 4.54. The number of rotatable bonds is 4. The Morgan fingerprint density at radius 3 is 2.57 bits per heavy atom. The fraction of sp³-hybridized carbons (Fsp3) is 0.400. The van der Waals surface area contributed by atoms with Crippen molar-refractivity contribution in [3.8, 4) is 0 Å². The van der Waals surface area contributed by atoms with Gasteiger partial charge in [-0.3, -0.25) is 0 Å². The lowest BCUT2D eigenvalue weighted by molar-refractivity contribution is 0.0601. The maximum absolute atomic E-state index is 14.0. The van der Waals surface area contributed by atoms with Crippen LogP contribution in [0.4, 0.5) is 15.1 Å². The van der Waals surface area contributed by atoms with Crippen molar-refractivity contribution in [2.75, 3.05) is 43.5 Å². The van der Waals surface area contributed by atoms with E-state index >= 15 is 0 Å². The van der Waals surface area contributed by atoms with Crippen molar-refractivity contribution in [3.63, 3.8) is 0 Å². The van der Waals surface area contributed by atoms with Gasteiger partial charge in [-0.25, -0.2) is 9.18 Å². The summed E-state index contributed by atoms with van der Waals surface area (Å²) in [4.78, 5) is 17.4. The summed E-state index contributed by atoms with van der Waals surface area (Å²) in [6, 6.07) is 6.81. The maximum Gasteiger partial charge on any atom is 0.341 e. The zero-order valence-corrected chi connectivity index (χ0v) is 17.9. The largest absolute Gasteiger partial charge is 0.465 e. The van der Waals surface area contributed by atoms with E-state index in [1.165, 1.54) is 24.5 Å². The Bertz CT molecular complexity index is 876. The standard InChI is InChI=1S/C20H24FN3O2S2/c1-4-14-13(2)28-18(17(14)19(25)26-3)22-20(27)24-11-9-23(10-12-24)16-8-6-5-7-15(16)21/h5-8H,4,9-12H2,1-3H3,(H,22,27). The van der Waals surface area contributed by atoms with Crippen LogP contribution in [-0.2, 0) is 11.2 Å². The van der Waals surface area contributed by atoms with E-state index in [0.29, 0.717) is 42.5 Å². The summed E-state index contributed by atoms with van der Waals surface area (Å²) in [6.07, 6.45) is 0.753. The summed E-state index contributed by atoms with van der Waals surface area (Å²) in [5.41, 5.74) is 2.18. The highest BCUT2D eigenvalue weighted by atomic mass is 32.1. The van der Waals surface area contributed by atoms with Crippen LogP contribution in [0.5, 0.6) is 0 Å². The number of thiophene rings is 1. The number of halogens is 1. The Hall–Kier alpha value is -2.19. The highest BCUT2D eigenvalue weighted by molar-refractivity contribution is 7.80. The van der Waals surface area contributed by atoms with Crippen molar-refractivity contribution in [2.24, 2.45) is 0 Å². The number of nitrogens with zero attached hydrogens (tertiary/aromatic N) is 2. The number of anilines is 2. The monoisotopic (exact) mass is 421 g/mol. The molecule has 1 fully saturated rings. The van der Waals surface area contributed by atoms with Gasteiger partial charge in [0.05, 0.1) is 18.4 Å². The average molecular weight is 422 g/mol. The maximum atomic E-state index is 14.0. The van der Waals surface area contributed by atoms with Crippen LogP contribution in [-0.4, -0.2) is 49.3 Å². The van der Waals surface area contributed by atoms with Gasteiger partial charge in [-0.15, -0.1) is 11.3 Å². The van der Waals surface area contributed by atoms with Gasteiger partial charge in [0.2, 0.25) is 0 Å². The molecule has 0 radical (unpaired) electrons. The number of thiocarbonyl (C=S) groups is 1. The Labute approximate surface area is 174 Å². The van der Waals surface area contributed by atoms with Gasteiger partial charge in [-0.1, -0.05) is 19.1 Å². The molecule has 8 heteroatoms. The zero-order chi connectivity index (χ0) is 20.3. The fourth-order valence-corrected chi connectivity index (χ4v) is 4.93. The molecule has 0 aliphatic carbocycles. The molecule has 0 unspecified atom stereocenters. The molecule has 28 heavy (non-hydrogen) atoms. The molecule has 0 bridgehead atoms. The first-order valence-electron chi connectivity index (χ1n) is 9.22. The number of carbonyl (C=O) groups is 1. The summed E-state index contributed by atoms with van der Waals surface area (Å²) >= 11 is 7.10. The number of benzene rings is 1. The number of piperazine rings is 1. The van der Waals surface area contributed by atoms with Gasteiger partial charge in [-0.2, -0.15) is 0 Å². The van der Waals surface area contributed by atoms with Crippen LogP contribution in [0.25, 0.3) is 0 Å². The molecule has 1 aromatic carbocycles. The van der Waals surface area contributed by atoms with Crippen molar-refractivity contribution in [1.29, 1.82) is 0 Å². The molecule has 1 aliphatic rings. The van der Waals surface area contributed by atoms with Crippen LogP contribution in [0, 0.1) is 12.7 Å². The Morgan fingerprint density at radius 1 is 1.29 bits per heavy atom. The van der Waals surface area contributed by atoms with Crippen molar-refractivity contribution < 1.29 is 13.9 Å². The minimum Gasteiger partial charge on any atom is -0.465 e. The van der Waals surface area contributed by atoms with Gasteiger partial charge < -0.3 is 19.9 Å². The predicted octanol–water partition coefficient (Wildman–Crippen LogP) is 4.06. The summed E-state index contributed by atoms with van der Waals surface area (Å²) in [6.45, 7) is 6.73. The summed E-state index contributed by atoms with van der Waals surface area (Å²) in [7, 11) is 1.39. The van der Waals surface area contributed by atoms with Crippen molar-refractivity contribution in [1.82, 2.24) is 4.90 Å². The Kier molecular flexibility index (Phi) is 6.51. The Balaban J connectivity index is 1.68. The van der Waals surface area contributed by atoms with E-state index < -0.39 is 0 Å². The van der Waals surface area contributed by atoms with E-state index in [-0.39, 0.29) is 11.8 Å². The van der Waals surface area contributed by atoms with Crippen LogP contribution in [0.3, 0.4) is 0 Å². The lowest BCUT2D eigenvalue weighted by Crippen LogP contribution is -2.50. The first-order valence-corrected chi connectivity index (χ1v) is 10.4. The number of hydrogen-bond donors (Lipinski definition) is 1. The molecule has 1 saturated heterocycles. The number of para-hydroxylation sites is 1. The second-order valence-corrected chi connectivity index (χ2v) is 8.15. The van der Waals surface area contributed by atoms with E-state index in [1.54, 1.807) is 12.1 Å². The number of hydrogen-bond acceptors (Lipinski definition) is 5. The lowest BCUT2D eigenvalue weighted by atomic mass is 10.1. The average Bonchev–Trinajstić information content (AvgIpc) is 3.02. The van der Waals surface area contributed by atoms with Gasteiger partial charge in [0.15, 0.2) is 5.11 Å². The first-order chi connectivity index (χ1) is 13.5. The topological polar surface area (TPSA) is 44.8 Å². The fourth-order valence-electron chi connectivity index (χ4n) is 3.45. The predicted molar refractivity (Wildman–Crippen MR) is 116 cm³/mol. The van der Waals surface area contributed by atoms with Crippen molar-refractivity contribution >= 4 is 45.3 Å². The van der Waals surface area contributed by atoms with E-state index in [0.717, 1.165) is 21.9 Å². The number of nitrogens with one attached hydrogen (secondary N) is 1. The first kappa shape index (κ1) is 20.5. The van der Waals surface area contributed by atoms with E-state index in [4.69, 9.17) is 17.0 Å².